The minimum atomic E-state index is 0. The van der Waals surface area contributed by atoms with Gasteiger partial charge < -0.3 is 9.55 Å². The van der Waals surface area contributed by atoms with Crippen LogP contribution in [0.15, 0.2) is 121 Å². The van der Waals surface area contributed by atoms with Crippen molar-refractivity contribution >= 4 is 32.5 Å². The van der Waals surface area contributed by atoms with Crippen molar-refractivity contribution in [1.29, 1.82) is 0 Å². The summed E-state index contributed by atoms with van der Waals surface area (Å²) in [6, 6.07) is 44.1. The van der Waals surface area contributed by atoms with Gasteiger partial charge in [0.1, 0.15) is 0 Å². The molecular formula is C53H55IrN3S-2. The molecule has 58 heavy (non-hydrogen) atoms. The van der Waals surface area contributed by atoms with Crippen LogP contribution in [0.4, 0.5) is 0 Å². The number of hydrogen-bond donors (Lipinski definition) is 0. The topological polar surface area (TPSA) is 30.7 Å². The first-order chi connectivity index (χ1) is 27.2. The Balaban J connectivity index is 0.000000230. The van der Waals surface area contributed by atoms with E-state index in [2.05, 4.69) is 187 Å². The van der Waals surface area contributed by atoms with Gasteiger partial charge in [-0.2, -0.15) is 0 Å². The van der Waals surface area contributed by atoms with Crippen LogP contribution >= 0.6 is 11.3 Å². The van der Waals surface area contributed by atoms with Gasteiger partial charge in [0.2, 0.25) is 0 Å². The first-order valence-electron chi connectivity index (χ1n) is 20.2. The molecule has 5 aromatic carbocycles. The maximum absolute atomic E-state index is 5.16. The standard InChI is InChI=1S/C34H31N2S.C19H24N.Ir/c1-22-17-26(18-23(2)32(22)25-11-7-6-8-12-25)36-30-14-10-9-13-29(30)35-33(36)28-21-37-31-16-15-24(19-27(28)31)20-34(3,4)5;1-14(2)11-16-12-18(15-9-7-6-8-10-15)20-13-17(16)19(3,4)5;/h6-19H,20H2,1-5H3;6-9,12-14H,11H2,1-5H3;/q2*-1;. The van der Waals surface area contributed by atoms with Crippen LogP contribution in [0, 0.1) is 36.6 Å². The molecule has 0 unspecified atom stereocenters. The molecule has 0 aliphatic rings. The SMILES string of the molecule is CC(C)Cc1cc(-c2[c-]cccc2)ncc1C(C)(C)C.Cc1cc(-n2c(-c3[c-]sc4ccc(CC(C)(C)C)cc34)nc3ccccc32)cc(C)c1-c1ccccc1.[Ir]. The van der Waals surface area contributed by atoms with Crippen LogP contribution in [0.1, 0.15) is 83.2 Å². The van der Waals surface area contributed by atoms with Gasteiger partial charge in [0, 0.05) is 32.0 Å². The van der Waals surface area contributed by atoms with E-state index in [4.69, 9.17) is 4.98 Å². The van der Waals surface area contributed by atoms with Gasteiger partial charge in [0.25, 0.3) is 0 Å². The molecule has 0 atom stereocenters. The molecule has 8 aromatic rings. The third-order valence-corrected chi connectivity index (χ3v) is 11.2. The van der Waals surface area contributed by atoms with Gasteiger partial charge in [0.15, 0.2) is 0 Å². The molecule has 3 nitrogen and oxygen atoms in total. The number of aromatic nitrogens is 3. The van der Waals surface area contributed by atoms with E-state index in [1.165, 1.54) is 49.0 Å². The Morgan fingerprint density at radius 2 is 1.47 bits per heavy atom. The molecule has 0 aliphatic heterocycles. The molecule has 0 spiro atoms. The van der Waals surface area contributed by atoms with Crippen molar-refractivity contribution in [3.05, 3.63) is 161 Å². The van der Waals surface area contributed by atoms with E-state index >= 15 is 0 Å². The summed E-state index contributed by atoms with van der Waals surface area (Å²) in [5.74, 6) is 1.60. The number of pyridine rings is 1. The van der Waals surface area contributed by atoms with Gasteiger partial charge in [-0.3, -0.25) is 16.3 Å². The summed E-state index contributed by atoms with van der Waals surface area (Å²) >= 11 is 1.68. The van der Waals surface area contributed by atoms with Crippen LogP contribution in [0.2, 0.25) is 0 Å². The second kappa shape index (κ2) is 17.7. The molecule has 0 fully saturated rings. The van der Waals surface area contributed by atoms with Crippen LogP contribution in [-0.2, 0) is 38.4 Å². The Kier molecular flexibility index (Phi) is 13.1. The van der Waals surface area contributed by atoms with Gasteiger partial charge in [-0.25, -0.2) is 0 Å². The van der Waals surface area contributed by atoms with Crippen LogP contribution in [-0.4, -0.2) is 14.5 Å². The van der Waals surface area contributed by atoms with Crippen molar-refractivity contribution in [2.75, 3.05) is 0 Å². The number of para-hydroxylation sites is 2. The van der Waals surface area contributed by atoms with E-state index in [0.717, 1.165) is 52.2 Å². The van der Waals surface area contributed by atoms with Crippen molar-refractivity contribution in [1.82, 2.24) is 14.5 Å². The Labute approximate surface area is 364 Å². The predicted octanol–water partition coefficient (Wildman–Crippen LogP) is 14.6. The molecule has 0 saturated heterocycles. The molecule has 5 heteroatoms. The number of thiophene rings is 1. The molecule has 1 radical (unpaired) electrons. The number of imidazole rings is 1. The average Bonchev–Trinajstić information content (AvgIpc) is 3.75. The summed E-state index contributed by atoms with van der Waals surface area (Å²) < 4.78 is 3.57. The van der Waals surface area contributed by atoms with Crippen molar-refractivity contribution in [2.45, 2.75) is 87.5 Å². The van der Waals surface area contributed by atoms with E-state index in [1.54, 1.807) is 11.3 Å². The van der Waals surface area contributed by atoms with E-state index < -0.39 is 0 Å². The zero-order valence-corrected chi connectivity index (χ0v) is 38.8. The molecular weight excluding hydrogens is 903 g/mol. The fourth-order valence-electron chi connectivity index (χ4n) is 7.98. The smallest absolute Gasteiger partial charge is 0.0774 e. The minimum absolute atomic E-state index is 0. The second-order valence-corrected chi connectivity index (χ2v) is 18.9. The van der Waals surface area contributed by atoms with E-state index in [1.807, 2.05) is 24.4 Å². The van der Waals surface area contributed by atoms with Crippen molar-refractivity contribution in [3.63, 3.8) is 0 Å². The largest absolute Gasteiger partial charge is 0.333 e. The Morgan fingerprint density at radius 1 is 0.776 bits per heavy atom. The first kappa shape index (κ1) is 42.9. The number of benzene rings is 5. The molecule has 3 heterocycles. The molecule has 0 N–H and O–H groups in total. The summed E-state index contributed by atoms with van der Waals surface area (Å²) in [5, 5.41) is 4.85. The Hall–Kier alpha value is -4.67. The minimum Gasteiger partial charge on any atom is -0.333 e. The van der Waals surface area contributed by atoms with Crippen LogP contribution < -0.4 is 0 Å². The molecule has 0 aliphatic carbocycles. The second-order valence-electron chi connectivity index (χ2n) is 18.1. The van der Waals surface area contributed by atoms with Gasteiger partial charge in [-0.15, -0.1) is 47.3 Å². The van der Waals surface area contributed by atoms with Crippen molar-refractivity contribution in [2.24, 2.45) is 11.3 Å². The summed E-state index contributed by atoms with van der Waals surface area (Å²) in [5.41, 5.74) is 16.0. The van der Waals surface area contributed by atoms with Crippen LogP contribution in [0.25, 0.3) is 60.6 Å². The molecule has 299 valence electrons. The van der Waals surface area contributed by atoms with Crippen molar-refractivity contribution < 1.29 is 20.1 Å². The summed E-state index contributed by atoms with van der Waals surface area (Å²) in [7, 11) is 0. The molecule has 8 rings (SSSR count). The fourth-order valence-corrected chi connectivity index (χ4v) is 8.80. The Morgan fingerprint density at radius 3 is 2.12 bits per heavy atom. The van der Waals surface area contributed by atoms with E-state index in [9.17, 15) is 0 Å². The molecule has 0 saturated carbocycles. The number of fused-ring (bicyclic) bond motifs is 2. The quantitative estimate of drug-likeness (QED) is 0.149. The maximum Gasteiger partial charge on any atom is 0.0774 e. The predicted molar refractivity (Wildman–Crippen MR) is 245 cm³/mol. The fraction of sp³-hybridized carbons (Fsp3) is 0.283. The number of rotatable bonds is 7. The van der Waals surface area contributed by atoms with E-state index in [0.29, 0.717) is 5.92 Å². The third-order valence-electron chi connectivity index (χ3n) is 10.3. The van der Waals surface area contributed by atoms with Crippen LogP contribution in [0.5, 0.6) is 0 Å². The van der Waals surface area contributed by atoms with Gasteiger partial charge in [0.05, 0.1) is 16.9 Å². The monoisotopic (exact) mass is 958 g/mol. The van der Waals surface area contributed by atoms with Gasteiger partial charge in [-0.1, -0.05) is 137 Å². The number of hydrogen-bond acceptors (Lipinski definition) is 3. The molecule has 0 bridgehead atoms. The van der Waals surface area contributed by atoms with Gasteiger partial charge >= 0.3 is 0 Å². The average molecular weight is 958 g/mol. The maximum atomic E-state index is 5.16. The zero-order chi connectivity index (χ0) is 40.5. The van der Waals surface area contributed by atoms with E-state index in [-0.39, 0.29) is 30.9 Å². The summed E-state index contributed by atoms with van der Waals surface area (Å²) in [6.07, 6.45) is 4.18. The number of nitrogens with zero attached hydrogens (tertiary/aromatic N) is 3. The van der Waals surface area contributed by atoms with Gasteiger partial charge in [-0.05, 0) is 107 Å². The third kappa shape index (κ3) is 9.61. The normalized spacial score (nSPS) is 11.8. The first-order valence-corrected chi connectivity index (χ1v) is 21.0. The molecule has 3 aromatic heterocycles. The zero-order valence-electron chi connectivity index (χ0n) is 35.6. The molecule has 0 amide bonds. The number of aryl methyl sites for hydroxylation is 2. The summed E-state index contributed by atoms with van der Waals surface area (Å²) in [4.78, 5) is 9.82. The van der Waals surface area contributed by atoms with Crippen molar-refractivity contribution in [3.8, 4) is 39.5 Å². The Bertz CT molecular complexity index is 2610. The van der Waals surface area contributed by atoms with Crippen LogP contribution in [0.3, 0.4) is 0 Å². The summed E-state index contributed by atoms with van der Waals surface area (Å²) in [6.45, 7) is 22.6.